The van der Waals surface area contributed by atoms with Gasteiger partial charge < -0.3 is 15.0 Å². The molecule has 0 saturated heterocycles. The molecule has 0 aliphatic carbocycles. The van der Waals surface area contributed by atoms with E-state index in [1.54, 1.807) is 0 Å². The lowest BCUT2D eigenvalue weighted by Crippen LogP contribution is -2.38. The first-order chi connectivity index (χ1) is 9.92. The van der Waals surface area contributed by atoms with Crippen molar-refractivity contribution in [2.75, 3.05) is 34.3 Å². The van der Waals surface area contributed by atoms with Crippen molar-refractivity contribution in [1.29, 1.82) is 0 Å². The van der Waals surface area contributed by atoms with Crippen LogP contribution in [0.5, 0.6) is 0 Å². The number of carbonyl (C=O) groups is 1. The number of benzene rings is 1. The van der Waals surface area contributed by atoms with Crippen LogP contribution in [0.1, 0.15) is 23.1 Å². The molecule has 1 aromatic carbocycles. The molecular formula is C17H28N2O2. The second-order valence-corrected chi connectivity index (χ2v) is 5.86. The van der Waals surface area contributed by atoms with E-state index < -0.39 is 0 Å². The molecule has 0 radical (unpaired) electrons. The molecule has 0 saturated carbocycles. The Morgan fingerprint density at radius 2 is 2.00 bits per heavy atom. The Hall–Kier alpha value is -1.39. The minimum Gasteiger partial charge on any atom is -0.469 e. The summed E-state index contributed by atoms with van der Waals surface area (Å²) in [5.41, 5.74) is 3.84. The van der Waals surface area contributed by atoms with Crippen LogP contribution in [0.25, 0.3) is 0 Å². The number of ether oxygens (including phenoxy) is 1. The minimum absolute atomic E-state index is 0.111. The number of nitrogens with one attached hydrogen (secondary N) is 1. The first-order valence-electron chi connectivity index (χ1n) is 7.43. The normalized spacial score (nSPS) is 12.5. The topological polar surface area (TPSA) is 41.6 Å². The van der Waals surface area contributed by atoms with Crippen LogP contribution in [-0.4, -0.2) is 51.2 Å². The van der Waals surface area contributed by atoms with Crippen LogP contribution in [-0.2, 0) is 16.0 Å². The molecule has 4 heteroatoms. The van der Waals surface area contributed by atoms with Gasteiger partial charge in [-0.1, -0.05) is 18.2 Å². The highest BCUT2D eigenvalue weighted by Gasteiger charge is 2.15. The van der Waals surface area contributed by atoms with Gasteiger partial charge in [-0.2, -0.15) is 0 Å². The molecule has 0 aliphatic rings. The van der Waals surface area contributed by atoms with Gasteiger partial charge in [0.15, 0.2) is 0 Å². The van der Waals surface area contributed by atoms with Crippen molar-refractivity contribution in [3.63, 3.8) is 0 Å². The molecule has 4 nitrogen and oxygen atoms in total. The van der Waals surface area contributed by atoms with Crippen LogP contribution < -0.4 is 5.32 Å². The van der Waals surface area contributed by atoms with Gasteiger partial charge in [0.05, 0.1) is 13.5 Å². The van der Waals surface area contributed by atoms with Crippen molar-refractivity contribution in [3.8, 4) is 0 Å². The summed E-state index contributed by atoms with van der Waals surface area (Å²) >= 11 is 0. The van der Waals surface area contributed by atoms with Crippen LogP contribution in [0, 0.1) is 13.8 Å². The maximum absolute atomic E-state index is 11.6. The summed E-state index contributed by atoms with van der Waals surface area (Å²) < 4.78 is 4.80. The fraction of sp³-hybridized carbons (Fsp3) is 0.588. The fourth-order valence-corrected chi connectivity index (χ4v) is 2.21. The molecule has 1 aromatic rings. The van der Waals surface area contributed by atoms with Crippen molar-refractivity contribution < 1.29 is 9.53 Å². The molecule has 0 amide bonds. The Labute approximate surface area is 128 Å². The Morgan fingerprint density at radius 3 is 2.57 bits per heavy atom. The predicted molar refractivity (Wildman–Crippen MR) is 86.6 cm³/mol. The Kier molecular flexibility index (Phi) is 7.40. The van der Waals surface area contributed by atoms with Crippen molar-refractivity contribution in [2.45, 2.75) is 32.7 Å². The van der Waals surface area contributed by atoms with E-state index in [0.717, 1.165) is 19.5 Å². The Balaban J connectivity index is 2.65. The molecule has 1 atom stereocenters. The standard InChI is InChI=1S/C17H28N2O2/c1-13-6-7-15(10-14(13)2)11-16(12-17(20)21-5)18-8-9-19(3)4/h6-7,10,16,18H,8-9,11-12H2,1-5H3. The van der Waals surface area contributed by atoms with Gasteiger partial charge in [0.25, 0.3) is 0 Å². The van der Waals surface area contributed by atoms with Gasteiger partial charge in [0.1, 0.15) is 0 Å². The highest BCUT2D eigenvalue weighted by Crippen LogP contribution is 2.13. The molecule has 1 rings (SSSR count). The zero-order valence-corrected chi connectivity index (χ0v) is 13.9. The molecule has 0 aliphatic heterocycles. The minimum atomic E-state index is -0.166. The quantitative estimate of drug-likeness (QED) is 0.743. The molecule has 21 heavy (non-hydrogen) atoms. The molecule has 0 aromatic heterocycles. The van der Waals surface area contributed by atoms with E-state index in [0.29, 0.717) is 6.42 Å². The summed E-state index contributed by atoms with van der Waals surface area (Å²) in [5, 5.41) is 3.46. The highest BCUT2D eigenvalue weighted by molar-refractivity contribution is 5.70. The van der Waals surface area contributed by atoms with Gasteiger partial charge in [0, 0.05) is 19.1 Å². The first-order valence-corrected chi connectivity index (χ1v) is 7.43. The van der Waals surface area contributed by atoms with Crippen molar-refractivity contribution in [1.82, 2.24) is 10.2 Å². The lowest BCUT2D eigenvalue weighted by atomic mass is 9.99. The molecule has 0 spiro atoms. The number of methoxy groups -OCH3 is 1. The number of aryl methyl sites for hydroxylation is 2. The van der Waals surface area contributed by atoms with Crippen LogP contribution in [0.3, 0.4) is 0 Å². The summed E-state index contributed by atoms with van der Waals surface area (Å²) in [4.78, 5) is 13.7. The Morgan fingerprint density at radius 1 is 1.29 bits per heavy atom. The van der Waals surface area contributed by atoms with Crippen LogP contribution in [0.15, 0.2) is 18.2 Å². The zero-order chi connectivity index (χ0) is 15.8. The van der Waals surface area contributed by atoms with E-state index in [1.807, 2.05) is 14.1 Å². The largest absolute Gasteiger partial charge is 0.469 e. The summed E-state index contributed by atoms with van der Waals surface area (Å²) in [7, 11) is 5.52. The van der Waals surface area contributed by atoms with Crippen LogP contribution >= 0.6 is 0 Å². The zero-order valence-electron chi connectivity index (χ0n) is 13.9. The number of hydrogen-bond donors (Lipinski definition) is 1. The smallest absolute Gasteiger partial charge is 0.307 e. The van der Waals surface area contributed by atoms with Crippen molar-refractivity contribution in [2.24, 2.45) is 0 Å². The maximum Gasteiger partial charge on any atom is 0.307 e. The van der Waals surface area contributed by atoms with Crippen molar-refractivity contribution >= 4 is 5.97 Å². The predicted octanol–water partition coefficient (Wildman–Crippen LogP) is 1.93. The van der Waals surface area contributed by atoms with E-state index in [1.165, 1.54) is 23.8 Å². The van der Waals surface area contributed by atoms with Gasteiger partial charge in [-0.25, -0.2) is 0 Å². The number of esters is 1. The second kappa shape index (κ2) is 8.80. The molecule has 0 fully saturated rings. The van der Waals surface area contributed by atoms with Crippen LogP contribution in [0.4, 0.5) is 0 Å². The number of nitrogens with zero attached hydrogens (tertiary/aromatic N) is 1. The fourth-order valence-electron chi connectivity index (χ4n) is 2.21. The second-order valence-electron chi connectivity index (χ2n) is 5.86. The molecule has 0 heterocycles. The maximum atomic E-state index is 11.6. The lowest BCUT2D eigenvalue weighted by molar-refractivity contribution is -0.141. The lowest BCUT2D eigenvalue weighted by Gasteiger charge is -2.20. The van der Waals surface area contributed by atoms with Gasteiger partial charge in [-0.05, 0) is 51.1 Å². The van der Waals surface area contributed by atoms with E-state index >= 15 is 0 Å². The third-order valence-electron chi connectivity index (χ3n) is 3.69. The molecule has 1 unspecified atom stereocenters. The summed E-state index contributed by atoms with van der Waals surface area (Å²) in [6, 6.07) is 6.59. The molecular weight excluding hydrogens is 264 g/mol. The first kappa shape index (κ1) is 17.7. The number of carbonyl (C=O) groups excluding carboxylic acids is 1. The summed E-state index contributed by atoms with van der Waals surface area (Å²) in [6.07, 6.45) is 1.24. The monoisotopic (exact) mass is 292 g/mol. The summed E-state index contributed by atoms with van der Waals surface area (Å²) in [5.74, 6) is -0.166. The van der Waals surface area contributed by atoms with Gasteiger partial charge in [-0.3, -0.25) is 4.79 Å². The molecule has 0 bridgehead atoms. The number of hydrogen-bond acceptors (Lipinski definition) is 4. The Bertz CT molecular complexity index is 458. The third-order valence-corrected chi connectivity index (χ3v) is 3.69. The third kappa shape index (κ3) is 6.74. The van der Waals surface area contributed by atoms with E-state index in [2.05, 4.69) is 42.3 Å². The van der Waals surface area contributed by atoms with Gasteiger partial charge in [0.2, 0.25) is 0 Å². The number of likely N-dealkylation sites (N-methyl/N-ethyl adjacent to an activating group) is 1. The number of rotatable bonds is 8. The average Bonchev–Trinajstić information content (AvgIpc) is 2.42. The van der Waals surface area contributed by atoms with E-state index in [9.17, 15) is 4.79 Å². The summed E-state index contributed by atoms with van der Waals surface area (Å²) in [6.45, 7) is 6.04. The van der Waals surface area contributed by atoms with Crippen LogP contribution in [0.2, 0.25) is 0 Å². The molecule has 1 N–H and O–H groups in total. The SMILES string of the molecule is COC(=O)CC(Cc1ccc(C)c(C)c1)NCCN(C)C. The van der Waals surface area contributed by atoms with E-state index in [-0.39, 0.29) is 12.0 Å². The average molecular weight is 292 g/mol. The van der Waals surface area contributed by atoms with Gasteiger partial charge >= 0.3 is 5.97 Å². The molecule has 118 valence electrons. The van der Waals surface area contributed by atoms with E-state index in [4.69, 9.17) is 4.74 Å². The highest BCUT2D eigenvalue weighted by atomic mass is 16.5. The van der Waals surface area contributed by atoms with Crippen molar-refractivity contribution in [3.05, 3.63) is 34.9 Å². The van der Waals surface area contributed by atoms with Gasteiger partial charge in [-0.15, -0.1) is 0 Å².